The molecule has 0 bridgehead atoms. The highest BCUT2D eigenvalue weighted by Crippen LogP contribution is 2.37. The largest absolute Gasteiger partial charge is 0.416 e. The standard InChI is InChI=1S/C17H17F3N4OS/c18-17(19,20)12-3-1-4-13(11-12)23-7-9-24(10-8-23)26-15-6-2-5-14(21)16(15)22-25/h1-6,11H,7-10,21H2. The van der Waals surface area contributed by atoms with Gasteiger partial charge in [0.05, 0.1) is 16.1 Å². The number of nitrogens with two attached hydrogens (primary N) is 1. The van der Waals surface area contributed by atoms with Gasteiger partial charge >= 0.3 is 6.18 Å². The molecule has 9 heteroatoms. The minimum Gasteiger partial charge on any atom is -0.397 e. The Bertz CT molecular complexity index is 792. The first kappa shape index (κ1) is 18.5. The Morgan fingerprint density at radius 3 is 2.38 bits per heavy atom. The van der Waals surface area contributed by atoms with Gasteiger partial charge in [-0.1, -0.05) is 12.1 Å². The molecular formula is C17H17F3N4OS. The summed E-state index contributed by atoms with van der Waals surface area (Å²) in [6.07, 6.45) is -4.35. The van der Waals surface area contributed by atoms with Crippen LogP contribution in [-0.4, -0.2) is 30.5 Å². The summed E-state index contributed by atoms with van der Waals surface area (Å²) >= 11 is 1.39. The molecule has 5 nitrogen and oxygen atoms in total. The van der Waals surface area contributed by atoms with Crippen LogP contribution < -0.4 is 10.6 Å². The number of hydrogen-bond donors (Lipinski definition) is 1. The number of alkyl halides is 3. The van der Waals surface area contributed by atoms with Gasteiger partial charge in [0.15, 0.2) is 0 Å². The van der Waals surface area contributed by atoms with Crippen LogP contribution in [-0.2, 0) is 6.18 Å². The van der Waals surface area contributed by atoms with Crippen LogP contribution in [0.4, 0.5) is 30.2 Å². The van der Waals surface area contributed by atoms with Gasteiger partial charge < -0.3 is 10.6 Å². The van der Waals surface area contributed by atoms with Crippen molar-refractivity contribution in [2.45, 2.75) is 11.1 Å². The maximum absolute atomic E-state index is 12.9. The lowest BCUT2D eigenvalue weighted by Gasteiger charge is -2.35. The first-order valence-electron chi connectivity index (χ1n) is 7.95. The lowest BCUT2D eigenvalue weighted by molar-refractivity contribution is -0.137. The zero-order chi connectivity index (χ0) is 18.7. The molecule has 2 aromatic rings. The maximum atomic E-state index is 12.9. The zero-order valence-corrected chi connectivity index (χ0v) is 14.6. The summed E-state index contributed by atoms with van der Waals surface area (Å²) in [6, 6.07) is 10.5. The highest BCUT2D eigenvalue weighted by Gasteiger charge is 2.31. The van der Waals surface area contributed by atoms with E-state index < -0.39 is 11.7 Å². The Morgan fingerprint density at radius 1 is 1.04 bits per heavy atom. The van der Waals surface area contributed by atoms with Gasteiger partial charge in [0.2, 0.25) is 0 Å². The van der Waals surface area contributed by atoms with Crippen molar-refractivity contribution in [1.82, 2.24) is 4.31 Å². The van der Waals surface area contributed by atoms with E-state index in [9.17, 15) is 18.1 Å². The van der Waals surface area contributed by atoms with Gasteiger partial charge in [-0.25, -0.2) is 4.31 Å². The van der Waals surface area contributed by atoms with Gasteiger partial charge in [0.25, 0.3) is 0 Å². The quantitative estimate of drug-likeness (QED) is 0.479. The van der Waals surface area contributed by atoms with Crippen LogP contribution in [0.5, 0.6) is 0 Å². The second-order valence-electron chi connectivity index (χ2n) is 5.84. The molecule has 1 aliphatic heterocycles. The fourth-order valence-corrected chi connectivity index (χ4v) is 3.77. The number of anilines is 2. The number of nitroso groups, excluding NO2 is 1. The number of hydrogen-bond acceptors (Lipinski definition) is 6. The summed E-state index contributed by atoms with van der Waals surface area (Å²) in [5, 5.41) is 2.99. The van der Waals surface area contributed by atoms with E-state index in [-0.39, 0.29) is 5.69 Å². The summed E-state index contributed by atoms with van der Waals surface area (Å²) in [5.41, 5.74) is 6.22. The van der Waals surface area contributed by atoms with Crippen LogP contribution >= 0.6 is 11.9 Å². The molecule has 0 spiro atoms. The molecule has 0 aromatic heterocycles. The van der Waals surface area contributed by atoms with Crippen molar-refractivity contribution in [3.8, 4) is 0 Å². The topological polar surface area (TPSA) is 61.9 Å². The molecule has 3 rings (SSSR count). The van der Waals surface area contributed by atoms with Crippen molar-refractivity contribution in [1.29, 1.82) is 0 Å². The monoisotopic (exact) mass is 382 g/mol. The number of halogens is 3. The van der Waals surface area contributed by atoms with Crippen molar-refractivity contribution in [3.05, 3.63) is 52.9 Å². The van der Waals surface area contributed by atoms with E-state index in [1.54, 1.807) is 24.3 Å². The molecular weight excluding hydrogens is 365 g/mol. The third kappa shape index (κ3) is 4.10. The van der Waals surface area contributed by atoms with E-state index in [2.05, 4.69) is 5.18 Å². The van der Waals surface area contributed by atoms with Crippen molar-refractivity contribution in [3.63, 3.8) is 0 Å². The molecule has 0 aliphatic carbocycles. The highest BCUT2D eigenvalue weighted by atomic mass is 32.2. The third-order valence-corrected chi connectivity index (χ3v) is 5.28. The molecule has 0 atom stereocenters. The van der Waals surface area contributed by atoms with Gasteiger partial charge in [0, 0.05) is 31.9 Å². The molecule has 1 fully saturated rings. The van der Waals surface area contributed by atoms with E-state index in [1.807, 2.05) is 9.21 Å². The van der Waals surface area contributed by atoms with Gasteiger partial charge in [-0.15, -0.1) is 4.91 Å². The summed E-state index contributed by atoms with van der Waals surface area (Å²) < 4.78 is 40.7. The van der Waals surface area contributed by atoms with Gasteiger partial charge in [0.1, 0.15) is 5.69 Å². The Balaban J connectivity index is 1.65. The molecule has 1 aliphatic rings. The maximum Gasteiger partial charge on any atom is 0.416 e. The van der Waals surface area contributed by atoms with Crippen LogP contribution in [0.3, 0.4) is 0 Å². The summed E-state index contributed by atoms with van der Waals surface area (Å²) in [5.74, 6) is 0. The normalized spacial score (nSPS) is 15.9. The van der Waals surface area contributed by atoms with Crippen LogP contribution in [0.15, 0.2) is 52.5 Å². The average molecular weight is 382 g/mol. The summed E-state index contributed by atoms with van der Waals surface area (Å²) in [6.45, 7) is 2.43. The molecule has 1 saturated heterocycles. The first-order valence-corrected chi connectivity index (χ1v) is 8.73. The predicted molar refractivity (Wildman–Crippen MR) is 97.4 cm³/mol. The zero-order valence-electron chi connectivity index (χ0n) is 13.7. The lowest BCUT2D eigenvalue weighted by atomic mass is 10.1. The fraction of sp³-hybridized carbons (Fsp3) is 0.294. The third-order valence-electron chi connectivity index (χ3n) is 4.13. The van der Waals surface area contributed by atoms with Crippen LogP contribution in [0.1, 0.15) is 5.56 Å². The Labute approximate surface area is 153 Å². The number of piperazine rings is 1. The Hall–Kier alpha value is -2.26. The van der Waals surface area contributed by atoms with E-state index >= 15 is 0 Å². The van der Waals surface area contributed by atoms with Crippen LogP contribution in [0.25, 0.3) is 0 Å². The van der Waals surface area contributed by atoms with Crippen LogP contribution in [0.2, 0.25) is 0 Å². The number of nitrogen functional groups attached to an aromatic ring is 1. The fourth-order valence-electron chi connectivity index (χ4n) is 2.77. The van der Waals surface area contributed by atoms with Gasteiger partial charge in [-0.2, -0.15) is 13.2 Å². The van der Waals surface area contributed by atoms with Crippen molar-refractivity contribution < 1.29 is 13.2 Å². The molecule has 0 unspecified atom stereocenters. The van der Waals surface area contributed by atoms with Gasteiger partial charge in [-0.05, 0) is 47.5 Å². The van der Waals surface area contributed by atoms with E-state index in [4.69, 9.17) is 5.73 Å². The number of nitrogens with zero attached hydrogens (tertiary/aromatic N) is 3. The van der Waals surface area contributed by atoms with Crippen molar-refractivity contribution in [2.24, 2.45) is 5.18 Å². The predicted octanol–water partition coefficient (Wildman–Crippen LogP) is 4.51. The van der Waals surface area contributed by atoms with Crippen molar-refractivity contribution in [2.75, 3.05) is 36.8 Å². The molecule has 26 heavy (non-hydrogen) atoms. The molecule has 138 valence electrons. The molecule has 2 N–H and O–H groups in total. The van der Waals surface area contributed by atoms with E-state index in [0.29, 0.717) is 42.4 Å². The summed E-state index contributed by atoms with van der Waals surface area (Å²) in [4.78, 5) is 13.6. The molecule has 0 saturated carbocycles. The van der Waals surface area contributed by atoms with E-state index in [0.717, 1.165) is 6.07 Å². The summed E-state index contributed by atoms with van der Waals surface area (Å²) in [7, 11) is 0. The lowest BCUT2D eigenvalue weighted by Crippen LogP contribution is -2.43. The molecule has 2 aromatic carbocycles. The van der Waals surface area contributed by atoms with Crippen molar-refractivity contribution >= 4 is 29.0 Å². The van der Waals surface area contributed by atoms with Gasteiger partial charge in [-0.3, -0.25) is 0 Å². The Kier molecular flexibility index (Phi) is 5.38. The highest BCUT2D eigenvalue weighted by molar-refractivity contribution is 7.97. The molecule has 1 heterocycles. The molecule has 0 amide bonds. The Morgan fingerprint density at radius 2 is 1.73 bits per heavy atom. The average Bonchev–Trinajstić information content (AvgIpc) is 2.62. The SMILES string of the molecule is Nc1cccc(SN2CCN(c3cccc(C(F)(F)F)c3)CC2)c1N=O. The first-order chi connectivity index (χ1) is 12.4. The second-order valence-corrected chi connectivity index (χ2v) is 6.98. The number of rotatable bonds is 4. The minimum atomic E-state index is -4.35. The van der Waals surface area contributed by atoms with E-state index in [1.165, 1.54) is 24.1 Å². The second kappa shape index (κ2) is 7.55. The smallest absolute Gasteiger partial charge is 0.397 e. The minimum absolute atomic E-state index is 0.220. The molecule has 0 radical (unpaired) electrons. The number of benzene rings is 2. The van der Waals surface area contributed by atoms with Crippen LogP contribution in [0, 0.1) is 4.91 Å².